The van der Waals surface area contributed by atoms with Crippen molar-refractivity contribution in [3.05, 3.63) is 23.8 Å². The predicted octanol–water partition coefficient (Wildman–Crippen LogP) is 0.584. The molecule has 5 nitrogen and oxygen atoms in total. The van der Waals surface area contributed by atoms with E-state index in [9.17, 15) is 5.11 Å². The normalized spacial score (nSPS) is 11.9. The number of ether oxygens (including phenoxy) is 1. The topological polar surface area (TPSA) is 82.5 Å². The molecule has 0 fully saturated rings. The highest BCUT2D eigenvalue weighted by Crippen LogP contribution is 2.21. The highest BCUT2D eigenvalue weighted by atomic mass is 16.5. The number of aliphatic hydroxyl groups excluding tert-OH is 1. The zero-order chi connectivity index (χ0) is 12.8. The summed E-state index contributed by atoms with van der Waals surface area (Å²) in [5, 5.41) is 18.6. The number of aliphatic hydroxyl groups is 1. The summed E-state index contributed by atoms with van der Waals surface area (Å²) in [6.45, 7) is 0.660. The minimum atomic E-state index is -0.589. The number of methoxy groups -OCH3 is 1. The van der Waals surface area contributed by atoms with E-state index < -0.39 is 6.10 Å². The summed E-state index contributed by atoms with van der Waals surface area (Å²) in [5.74, 6) is 0. The van der Waals surface area contributed by atoms with E-state index in [4.69, 9.17) is 15.7 Å². The zero-order valence-electron chi connectivity index (χ0n) is 10.1. The van der Waals surface area contributed by atoms with Gasteiger partial charge in [0.1, 0.15) is 6.07 Å². The molecule has 0 aliphatic carbocycles. The van der Waals surface area contributed by atoms with Crippen molar-refractivity contribution in [2.45, 2.75) is 6.10 Å². The lowest BCUT2D eigenvalue weighted by Crippen LogP contribution is -2.32. The Morgan fingerprint density at radius 1 is 1.59 bits per heavy atom. The predicted molar refractivity (Wildman–Crippen MR) is 66.7 cm³/mol. The van der Waals surface area contributed by atoms with E-state index in [1.807, 2.05) is 11.9 Å². The summed E-state index contributed by atoms with van der Waals surface area (Å²) in [5.41, 5.74) is 7.41. The fraction of sp³-hybridized carbons (Fsp3) is 0.417. The Hall–Kier alpha value is -1.77. The van der Waals surface area contributed by atoms with Gasteiger partial charge in [-0.3, -0.25) is 0 Å². The second kappa shape index (κ2) is 6.09. The smallest absolute Gasteiger partial charge is 0.101 e. The highest BCUT2D eigenvalue weighted by molar-refractivity contribution is 5.64. The number of nitrogens with two attached hydrogens (primary N) is 1. The molecule has 0 heterocycles. The maximum Gasteiger partial charge on any atom is 0.101 e. The lowest BCUT2D eigenvalue weighted by Gasteiger charge is -2.23. The van der Waals surface area contributed by atoms with E-state index in [0.717, 1.165) is 5.69 Å². The molecule has 0 aliphatic heterocycles. The van der Waals surface area contributed by atoms with Gasteiger partial charge in [-0.05, 0) is 18.2 Å². The van der Waals surface area contributed by atoms with Gasteiger partial charge in [-0.1, -0.05) is 0 Å². The van der Waals surface area contributed by atoms with E-state index in [-0.39, 0.29) is 6.61 Å². The standard InChI is InChI=1S/C12H17N3O2/c1-15(7-11(16)8-17-2)12-4-3-10(14)5-9(12)6-13/h3-5,11,16H,7-8,14H2,1-2H3. The molecule has 17 heavy (non-hydrogen) atoms. The summed E-state index contributed by atoms with van der Waals surface area (Å²) < 4.78 is 4.85. The van der Waals surface area contributed by atoms with E-state index in [0.29, 0.717) is 17.8 Å². The average Bonchev–Trinajstić information content (AvgIpc) is 2.28. The molecule has 1 aromatic rings. The van der Waals surface area contributed by atoms with Gasteiger partial charge >= 0.3 is 0 Å². The van der Waals surface area contributed by atoms with Crippen molar-refractivity contribution in [1.82, 2.24) is 0 Å². The third-order valence-electron chi connectivity index (χ3n) is 2.40. The fourth-order valence-electron chi connectivity index (χ4n) is 1.64. The van der Waals surface area contributed by atoms with Crippen LogP contribution in [0.3, 0.4) is 0 Å². The van der Waals surface area contributed by atoms with E-state index in [1.54, 1.807) is 18.2 Å². The first-order valence-corrected chi connectivity index (χ1v) is 5.26. The van der Waals surface area contributed by atoms with Crippen LogP contribution >= 0.6 is 0 Å². The molecule has 1 atom stereocenters. The molecule has 0 radical (unpaired) electrons. The first-order valence-electron chi connectivity index (χ1n) is 5.26. The second-order valence-corrected chi connectivity index (χ2v) is 3.88. The Morgan fingerprint density at radius 2 is 2.29 bits per heavy atom. The van der Waals surface area contributed by atoms with Crippen molar-refractivity contribution < 1.29 is 9.84 Å². The Balaban J connectivity index is 2.82. The largest absolute Gasteiger partial charge is 0.399 e. The summed E-state index contributed by atoms with van der Waals surface area (Å²) in [6.07, 6.45) is -0.589. The SMILES string of the molecule is COCC(O)CN(C)c1ccc(N)cc1C#N. The van der Waals surface area contributed by atoms with Gasteiger partial charge in [-0.15, -0.1) is 0 Å². The second-order valence-electron chi connectivity index (χ2n) is 3.88. The van der Waals surface area contributed by atoms with Crippen LogP contribution in [0.2, 0.25) is 0 Å². The van der Waals surface area contributed by atoms with Crippen molar-refractivity contribution >= 4 is 11.4 Å². The summed E-state index contributed by atoms with van der Waals surface area (Å²) in [6, 6.07) is 7.21. The van der Waals surface area contributed by atoms with Gasteiger partial charge in [-0.2, -0.15) is 5.26 Å². The average molecular weight is 235 g/mol. The molecule has 5 heteroatoms. The summed E-state index contributed by atoms with van der Waals surface area (Å²) >= 11 is 0. The molecule has 1 aromatic carbocycles. The molecular weight excluding hydrogens is 218 g/mol. The van der Waals surface area contributed by atoms with Gasteiger partial charge < -0.3 is 20.5 Å². The number of rotatable bonds is 5. The Bertz CT molecular complexity index is 415. The van der Waals surface area contributed by atoms with Gasteiger partial charge in [0.15, 0.2) is 0 Å². The molecule has 0 aromatic heterocycles. The van der Waals surface area contributed by atoms with E-state index in [2.05, 4.69) is 6.07 Å². The number of nitrogen functional groups attached to an aromatic ring is 1. The molecule has 0 amide bonds. The van der Waals surface area contributed by atoms with Crippen LogP contribution in [0.5, 0.6) is 0 Å². The first-order chi connectivity index (χ1) is 8.08. The first kappa shape index (κ1) is 13.3. The van der Waals surface area contributed by atoms with Crippen LogP contribution in [0.25, 0.3) is 0 Å². The molecule has 0 saturated carbocycles. The van der Waals surface area contributed by atoms with Gasteiger partial charge in [0.05, 0.1) is 24.0 Å². The molecule has 1 unspecified atom stereocenters. The minimum Gasteiger partial charge on any atom is -0.399 e. The molecule has 3 N–H and O–H groups in total. The monoisotopic (exact) mass is 235 g/mol. The van der Waals surface area contributed by atoms with Gasteiger partial charge in [0.25, 0.3) is 0 Å². The van der Waals surface area contributed by atoms with Crippen LogP contribution in [0.1, 0.15) is 5.56 Å². The van der Waals surface area contributed by atoms with Crippen LogP contribution in [0.15, 0.2) is 18.2 Å². The number of hydrogen-bond donors (Lipinski definition) is 2. The maximum atomic E-state index is 9.62. The third-order valence-corrected chi connectivity index (χ3v) is 2.40. The molecule has 0 bridgehead atoms. The Morgan fingerprint density at radius 3 is 2.88 bits per heavy atom. The van der Waals surface area contributed by atoms with Crippen LogP contribution < -0.4 is 10.6 Å². The van der Waals surface area contributed by atoms with Crippen LogP contribution in [-0.4, -0.2) is 38.5 Å². The number of benzene rings is 1. The maximum absolute atomic E-state index is 9.62. The summed E-state index contributed by atoms with van der Waals surface area (Å²) in [4.78, 5) is 1.81. The van der Waals surface area contributed by atoms with E-state index in [1.165, 1.54) is 7.11 Å². The minimum absolute atomic E-state index is 0.265. The molecule has 1 rings (SSSR count). The number of nitrogens with zero attached hydrogens (tertiary/aromatic N) is 2. The van der Waals surface area contributed by atoms with Crippen molar-refractivity contribution in [2.75, 3.05) is 37.9 Å². The van der Waals surface area contributed by atoms with Crippen molar-refractivity contribution in [3.8, 4) is 6.07 Å². The summed E-state index contributed by atoms with van der Waals surface area (Å²) in [7, 11) is 3.35. The Kier molecular flexibility index (Phi) is 4.76. The third kappa shape index (κ3) is 3.63. The van der Waals surface area contributed by atoms with Crippen LogP contribution in [0.4, 0.5) is 11.4 Å². The number of anilines is 2. The van der Waals surface area contributed by atoms with Gasteiger partial charge in [0, 0.05) is 26.4 Å². The Labute approximate surface area is 101 Å². The molecule has 0 saturated heterocycles. The molecule has 92 valence electrons. The molecule has 0 aliphatic rings. The van der Waals surface area contributed by atoms with Crippen LogP contribution in [-0.2, 0) is 4.74 Å². The van der Waals surface area contributed by atoms with Crippen molar-refractivity contribution in [3.63, 3.8) is 0 Å². The number of nitriles is 1. The van der Waals surface area contributed by atoms with Crippen molar-refractivity contribution in [1.29, 1.82) is 5.26 Å². The lowest BCUT2D eigenvalue weighted by atomic mass is 10.1. The van der Waals surface area contributed by atoms with E-state index >= 15 is 0 Å². The highest BCUT2D eigenvalue weighted by Gasteiger charge is 2.12. The molecule has 0 spiro atoms. The van der Waals surface area contributed by atoms with Gasteiger partial charge in [-0.25, -0.2) is 0 Å². The fourth-order valence-corrected chi connectivity index (χ4v) is 1.64. The van der Waals surface area contributed by atoms with Crippen LogP contribution in [0, 0.1) is 11.3 Å². The number of likely N-dealkylation sites (N-methyl/N-ethyl adjacent to an activating group) is 1. The van der Waals surface area contributed by atoms with Gasteiger partial charge in [0.2, 0.25) is 0 Å². The van der Waals surface area contributed by atoms with Crippen molar-refractivity contribution in [2.24, 2.45) is 0 Å². The number of hydrogen-bond acceptors (Lipinski definition) is 5. The zero-order valence-corrected chi connectivity index (χ0v) is 10.1. The molecular formula is C12H17N3O2. The quantitative estimate of drug-likeness (QED) is 0.730. The lowest BCUT2D eigenvalue weighted by molar-refractivity contribution is 0.0695.